The largest absolute Gasteiger partial charge is 0.394 e. The zero-order valence-corrected chi connectivity index (χ0v) is 18.7. The highest BCUT2D eigenvalue weighted by Crippen LogP contribution is 2.30. The molecule has 0 aromatic carbocycles. The first-order chi connectivity index (χ1) is 16.5. The molecule has 6 unspecified atom stereocenters. The molecule has 3 heterocycles. The van der Waals surface area contributed by atoms with Crippen molar-refractivity contribution in [3.05, 3.63) is 0 Å². The minimum absolute atomic E-state index is 0.594. The summed E-state index contributed by atoms with van der Waals surface area (Å²) >= 11 is 0. The van der Waals surface area contributed by atoms with E-state index in [0.29, 0.717) is 0 Å². The Labute approximate surface area is 199 Å². The van der Waals surface area contributed by atoms with Crippen molar-refractivity contribution in [1.29, 1.82) is 0 Å². The highest BCUT2D eigenvalue weighted by atomic mass is 16.7. The van der Waals surface area contributed by atoms with Crippen molar-refractivity contribution in [3.63, 3.8) is 0 Å². The maximum Gasteiger partial charge on any atom is 0.187 e. The number of methoxy groups -OCH3 is 1. The van der Waals surface area contributed by atoms with E-state index in [9.17, 15) is 51.1 Å². The maximum atomic E-state index is 10.5. The van der Waals surface area contributed by atoms with E-state index in [2.05, 4.69) is 0 Å². The van der Waals surface area contributed by atoms with Crippen molar-refractivity contribution in [2.24, 2.45) is 0 Å². The van der Waals surface area contributed by atoms with Crippen LogP contribution in [-0.2, 0) is 28.4 Å². The molecule has 0 amide bonds. The van der Waals surface area contributed by atoms with E-state index in [4.69, 9.17) is 28.4 Å². The van der Waals surface area contributed by atoms with Gasteiger partial charge in [0.25, 0.3) is 0 Å². The van der Waals surface area contributed by atoms with Crippen LogP contribution in [0.5, 0.6) is 0 Å². The number of hydrogen-bond acceptors (Lipinski definition) is 16. The van der Waals surface area contributed by atoms with Crippen molar-refractivity contribution >= 4 is 0 Å². The van der Waals surface area contributed by atoms with Crippen LogP contribution in [0.4, 0.5) is 0 Å². The van der Waals surface area contributed by atoms with Gasteiger partial charge in [-0.3, -0.25) is 0 Å². The molecule has 3 fully saturated rings. The first-order valence-corrected chi connectivity index (χ1v) is 11.0. The number of aliphatic hydroxyl groups excluding tert-OH is 10. The van der Waals surface area contributed by atoms with Crippen LogP contribution in [0.25, 0.3) is 0 Å². The standard InChI is InChI=1S/C19H34O16/c1-30-15-6(3-21)34-19(14(28)11(15)25)35-16-7(32-17(29)12(26)10(16)24)4-31-18-13(27)9(23)8(22)5(2-20)33-18/h5-29H,2-4H2,1H3/t5?,6-,7?,8-,9-,10+,11?,12?,13?,14?,15+,16+,17+,18-,19-/m0/s1. The second-order valence-electron chi connectivity index (χ2n) is 8.58. The van der Waals surface area contributed by atoms with Gasteiger partial charge in [0.2, 0.25) is 0 Å². The molecule has 0 radical (unpaired) electrons. The molecule has 0 spiro atoms. The van der Waals surface area contributed by atoms with Gasteiger partial charge in [-0.25, -0.2) is 0 Å². The van der Waals surface area contributed by atoms with Crippen molar-refractivity contribution in [2.75, 3.05) is 26.9 Å². The fourth-order valence-corrected chi connectivity index (χ4v) is 4.23. The molecule has 0 aromatic rings. The monoisotopic (exact) mass is 518 g/mol. The van der Waals surface area contributed by atoms with E-state index < -0.39 is 112 Å². The first kappa shape index (κ1) is 28.9. The van der Waals surface area contributed by atoms with Crippen LogP contribution in [0.3, 0.4) is 0 Å². The van der Waals surface area contributed by atoms with Gasteiger partial charge in [0.05, 0.1) is 19.8 Å². The summed E-state index contributed by atoms with van der Waals surface area (Å²) in [6.45, 7) is -1.91. The van der Waals surface area contributed by atoms with Gasteiger partial charge in [-0.05, 0) is 0 Å². The summed E-state index contributed by atoms with van der Waals surface area (Å²) in [6, 6.07) is 0. The molecule has 3 rings (SSSR count). The highest BCUT2D eigenvalue weighted by molar-refractivity contribution is 4.95. The second-order valence-corrected chi connectivity index (χ2v) is 8.58. The minimum atomic E-state index is -1.89. The molecular weight excluding hydrogens is 484 g/mol. The second kappa shape index (κ2) is 12.3. The van der Waals surface area contributed by atoms with Crippen LogP contribution in [0.2, 0.25) is 0 Å². The van der Waals surface area contributed by atoms with Crippen molar-refractivity contribution in [3.8, 4) is 0 Å². The molecule has 3 aliphatic rings. The quantitative estimate of drug-likeness (QED) is 0.143. The van der Waals surface area contributed by atoms with E-state index in [1.165, 1.54) is 7.11 Å². The summed E-state index contributed by atoms with van der Waals surface area (Å²) in [5, 5.41) is 99.9. The van der Waals surface area contributed by atoms with E-state index in [0.717, 1.165) is 0 Å². The third kappa shape index (κ3) is 5.93. The van der Waals surface area contributed by atoms with E-state index >= 15 is 0 Å². The topological polar surface area (TPSA) is 258 Å². The molecule has 35 heavy (non-hydrogen) atoms. The Morgan fingerprint density at radius 1 is 0.571 bits per heavy atom. The molecule has 16 nitrogen and oxygen atoms in total. The molecule has 0 aromatic heterocycles. The Kier molecular flexibility index (Phi) is 10.1. The van der Waals surface area contributed by atoms with Gasteiger partial charge >= 0.3 is 0 Å². The SMILES string of the molecule is CO[C@H]1C(O)C(O)[C@H](O[C@@H]2C(CO[C@H]3OC(CO)[C@H](O)[C@H](O)C3O)O[C@@H](O)C(O)[C@H]2O)O[C@H]1CO. The van der Waals surface area contributed by atoms with Crippen LogP contribution in [0.1, 0.15) is 0 Å². The zero-order chi connectivity index (χ0) is 26.0. The fraction of sp³-hybridized carbons (Fsp3) is 1.00. The summed E-state index contributed by atoms with van der Waals surface area (Å²) in [5.41, 5.74) is 0. The predicted molar refractivity (Wildman–Crippen MR) is 106 cm³/mol. The third-order valence-corrected chi connectivity index (χ3v) is 6.32. The lowest BCUT2D eigenvalue weighted by Crippen LogP contribution is -2.65. The Balaban J connectivity index is 1.72. The average Bonchev–Trinajstić information content (AvgIpc) is 2.85. The van der Waals surface area contributed by atoms with Crippen LogP contribution in [0, 0.1) is 0 Å². The number of rotatable bonds is 8. The lowest BCUT2D eigenvalue weighted by molar-refractivity contribution is -0.364. The molecule has 0 saturated carbocycles. The van der Waals surface area contributed by atoms with Crippen LogP contribution in [0.15, 0.2) is 0 Å². The minimum Gasteiger partial charge on any atom is -0.394 e. The smallest absolute Gasteiger partial charge is 0.187 e. The van der Waals surface area contributed by atoms with Crippen molar-refractivity contribution in [1.82, 2.24) is 0 Å². The van der Waals surface area contributed by atoms with Gasteiger partial charge in [-0.1, -0.05) is 0 Å². The number of ether oxygens (including phenoxy) is 6. The van der Waals surface area contributed by atoms with E-state index in [1.54, 1.807) is 0 Å². The summed E-state index contributed by atoms with van der Waals surface area (Å²) in [6.07, 6.45) is -23.6. The summed E-state index contributed by atoms with van der Waals surface area (Å²) < 4.78 is 31.9. The first-order valence-electron chi connectivity index (χ1n) is 11.0. The fourth-order valence-electron chi connectivity index (χ4n) is 4.23. The summed E-state index contributed by atoms with van der Waals surface area (Å²) in [4.78, 5) is 0. The number of hydrogen-bond donors (Lipinski definition) is 10. The number of aliphatic hydroxyl groups is 10. The van der Waals surface area contributed by atoms with Gasteiger partial charge in [0, 0.05) is 7.11 Å². The van der Waals surface area contributed by atoms with Gasteiger partial charge < -0.3 is 79.5 Å². The van der Waals surface area contributed by atoms with E-state index in [1.807, 2.05) is 0 Å². The van der Waals surface area contributed by atoms with Gasteiger partial charge in [-0.15, -0.1) is 0 Å². The molecule has 0 bridgehead atoms. The Morgan fingerprint density at radius 3 is 1.74 bits per heavy atom. The molecule has 15 atom stereocenters. The lowest BCUT2D eigenvalue weighted by Gasteiger charge is -2.46. The Bertz CT molecular complexity index is 652. The normalized spacial score (nSPS) is 51.3. The van der Waals surface area contributed by atoms with Crippen LogP contribution < -0.4 is 0 Å². The third-order valence-electron chi connectivity index (χ3n) is 6.32. The van der Waals surface area contributed by atoms with Crippen molar-refractivity contribution < 1.29 is 79.5 Å². The molecule has 206 valence electrons. The molecule has 3 saturated heterocycles. The van der Waals surface area contributed by atoms with Gasteiger partial charge in [0.1, 0.15) is 73.2 Å². The Hall–Kier alpha value is -0.640. The molecular formula is C19H34O16. The highest BCUT2D eigenvalue weighted by Gasteiger charge is 2.51. The molecule has 0 aliphatic carbocycles. The summed E-state index contributed by atoms with van der Waals surface area (Å²) in [7, 11) is 1.23. The van der Waals surface area contributed by atoms with E-state index in [-0.39, 0.29) is 0 Å². The average molecular weight is 518 g/mol. The summed E-state index contributed by atoms with van der Waals surface area (Å²) in [5.74, 6) is 0. The predicted octanol–water partition coefficient (Wildman–Crippen LogP) is -6.92. The molecule has 3 aliphatic heterocycles. The lowest BCUT2D eigenvalue weighted by atomic mass is 9.96. The van der Waals surface area contributed by atoms with Gasteiger partial charge in [-0.2, -0.15) is 0 Å². The van der Waals surface area contributed by atoms with Crippen LogP contribution in [-0.4, -0.2) is 170 Å². The van der Waals surface area contributed by atoms with Crippen molar-refractivity contribution in [2.45, 2.75) is 92.1 Å². The molecule has 16 heteroatoms. The maximum absolute atomic E-state index is 10.5. The molecule has 10 N–H and O–H groups in total. The van der Waals surface area contributed by atoms with Gasteiger partial charge in [0.15, 0.2) is 18.9 Å². The Morgan fingerprint density at radius 2 is 1.14 bits per heavy atom. The van der Waals surface area contributed by atoms with Crippen LogP contribution >= 0.6 is 0 Å². The zero-order valence-electron chi connectivity index (χ0n) is 18.7.